The van der Waals surface area contributed by atoms with Crippen LogP contribution in [0.2, 0.25) is 0 Å². The molecule has 0 bridgehead atoms. The number of hydrogen-bond donors (Lipinski definition) is 0. The van der Waals surface area contributed by atoms with E-state index in [0.717, 1.165) is 29.5 Å². The van der Waals surface area contributed by atoms with E-state index < -0.39 is 0 Å². The number of rotatable bonds is 3. The van der Waals surface area contributed by atoms with Gasteiger partial charge in [0.2, 0.25) is 0 Å². The molecule has 2 heteroatoms. The van der Waals surface area contributed by atoms with E-state index in [2.05, 4.69) is 54.6 Å². The zero-order chi connectivity index (χ0) is 21.4. The van der Waals surface area contributed by atoms with E-state index in [4.69, 9.17) is 0 Å². The van der Waals surface area contributed by atoms with Crippen molar-refractivity contribution in [3.63, 3.8) is 0 Å². The summed E-state index contributed by atoms with van der Waals surface area (Å²) in [7, 11) is 0. The third-order valence-electron chi connectivity index (χ3n) is 7.14. The summed E-state index contributed by atoms with van der Waals surface area (Å²) in [5, 5.41) is 0. The molecule has 5 rings (SSSR count). The molecule has 2 aliphatic carbocycles. The van der Waals surface area contributed by atoms with Crippen LogP contribution in [0.1, 0.15) is 58.8 Å². The predicted molar refractivity (Wildman–Crippen MR) is 124 cm³/mol. The summed E-state index contributed by atoms with van der Waals surface area (Å²) in [6.45, 7) is 1.63. The van der Waals surface area contributed by atoms with Crippen LogP contribution in [-0.2, 0) is 16.6 Å². The number of aryl methyl sites for hydroxylation is 1. The van der Waals surface area contributed by atoms with Gasteiger partial charge in [-0.25, -0.2) is 0 Å². The molecule has 0 aliphatic heterocycles. The standard InChI is InChI=1S/C29H26O2/c1-20(30)22-13-15-27-23(17-22)12-14-26-18-28(31)24(16-21-8-4-2-5-9-21)19-29(26,27)25-10-6-3-7-11-25/h2-11,13,15-17,26H,12,14,18-19H2,1H3/b24-16+. The summed E-state index contributed by atoms with van der Waals surface area (Å²) < 4.78 is 0. The molecule has 2 atom stereocenters. The first-order chi connectivity index (χ1) is 15.1. The zero-order valence-corrected chi connectivity index (χ0v) is 17.8. The number of Topliss-reactive ketones (excluding diaryl/α,β-unsaturated/α-hetero) is 2. The van der Waals surface area contributed by atoms with Crippen LogP contribution < -0.4 is 0 Å². The quantitative estimate of drug-likeness (QED) is 0.384. The molecule has 0 saturated heterocycles. The molecule has 1 saturated carbocycles. The molecular weight excluding hydrogens is 380 g/mol. The van der Waals surface area contributed by atoms with E-state index >= 15 is 0 Å². The fourth-order valence-corrected chi connectivity index (χ4v) is 5.63. The van der Waals surface area contributed by atoms with Gasteiger partial charge in [0.15, 0.2) is 11.6 Å². The minimum Gasteiger partial charge on any atom is -0.295 e. The summed E-state index contributed by atoms with van der Waals surface area (Å²) in [6.07, 6.45) is 5.22. The van der Waals surface area contributed by atoms with Gasteiger partial charge < -0.3 is 0 Å². The topological polar surface area (TPSA) is 34.1 Å². The van der Waals surface area contributed by atoms with Crippen molar-refractivity contribution in [2.24, 2.45) is 5.92 Å². The lowest BCUT2D eigenvalue weighted by atomic mass is 9.53. The molecule has 1 fully saturated rings. The fourth-order valence-electron chi connectivity index (χ4n) is 5.63. The molecule has 0 spiro atoms. The van der Waals surface area contributed by atoms with Crippen LogP contribution in [0.25, 0.3) is 6.08 Å². The van der Waals surface area contributed by atoms with E-state index in [1.807, 2.05) is 30.3 Å². The Hall–Kier alpha value is -3.26. The van der Waals surface area contributed by atoms with Crippen molar-refractivity contribution >= 4 is 17.6 Å². The smallest absolute Gasteiger partial charge is 0.159 e. The summed E-state index contributed by atoms with van der Waals surface area (Å²) in [5.41, 5.74) is 6.30. The van der Waals surface area contributed by atoms with E-state index in [1.54, 1.807) is 6.92 Å². The van der Waals surface area contributed by atoms with Gasteiger partial charge in [-0.1, -0.05) is 72.8 Å². The minimum absolute atomic E-state index is 0.0992. The molecule has 3 aromatic carbocycles. The fraction of sp³-hybridized carbons (Fsp3) is 0.241. The van der Waals surface area contributed by atoms with Gasteiger partial charge in [-0.15, -0.1) is 0 Å². The normalized spacial score (nSPS) is 23.8. The first-order valence-electron chi connectivity index (χ1n) is 11.1. The van der Waals surface area contributed by atoms with E-state index in [9.17, 15) is 9.59 Å². The highest BCUT2D eigenvalue weighted by atomic mass is 16.1. The van der Waals surface area contributed by atoms with Crippen molar-refractivity contribution in [2.45, 2.75) is 38.0 Å². The lowest BCUT2D eigenvalue weighted by Gasteiger charge is -2.49. The third-order valence-corrected chi connectivity index (χ3v) is 7.14. The number of ketones is 2. The Bertz CT molecular complexity index is 1170. The van der Waals surface area contributed by atoms with Crippen molar-refractivity contribution in [3.8, 4) is 0 Å². The molecular formula is C29H26O2. The first kappa shape index (κ1) is 19.7. The van der Waals surface area contributed by atoms with Gasteiger partial charge in [0.25, 0.3) is 0 Å². The molecule has 2 unspecified atom stereocenters. The average molecular weight is 407 g/mol. The maximum Gasteiger partial charge on any atom is 0.159 e. The number of benzene rings is 3. The zero-order valence-electron chi connectivity index (χ0n) is 17.8. The number of carbonyl (C=O) groups is 2. The molecule has 0 heterocycles. The largest absolute Gasteiger partial charge is 0.295 e. The lowest BCUT2D eigenvalue weighted by Crippen LogP contribution is -2.46. The molecule has 3 aromatic rings. The summed E-state index contributed by atoms with van der Waals surface area (Å²) >= 11 is 0. The lowest BCUT2D eigenvalue weighted by molar-refractivity contribution is -0.118. The summed E-state index contributed by atoms with van der Waals surface area (Å²) in [6, 6.07) is 27.0. The van der Waals surface area contributed by atoms with E-state index in [1.165, 1.54) is 16.7 Å². The number of carbonyl (C=O) groups excluding carboxylic acids is 2. The molecule has 31 heavy (non-hydrogen) atoms. The Morgan fingerprint density at radius 3 is 2.39 bits per heavy atom. The third kappa shape index (κ3) is 3.37. The van der Waals surface area contributed by atoms with Gasteiger partial charge in [0.05, 0.1) is 0 Å². The second kappa shape index (κ2) is 7.77. The first-order valence-corrected chi connectivity index (χ1v) is 11.1. The maximum absolute atomic E-state index is 13.2. The van der Waals surface area contributed by atoms with Gasteiger partial charge in [0.1, 0.15) is 0 Å². The second-order valence-electron chi connectivity index (χ2n) is 8.89. The van der Waals surface area contributed by atoms with Crippen molar-refractivity contribution in [3.05, 3.63) is 112 Å². The van der Waals surface area contributed by atoms with Crippen LogP contribution in [0.5, 0.6) is 0 Å². The van der Waals surface area contributed by atoms with Crippen LogP contribution in [0.15, 0.2) is 84.4 Å². The molecule has 154 valence electrons. The molecule has 2 aliphatic rings. The van der Waals surface area contributed by atoms with E-state index in [-0.39, 0.29) is 22.9 Å². The number of fused-ring (bicyclic) bond motifs is 3. The Morgan fingerprint density at radius 2 is 1.68 bits per heavy atom. The Labute approximate surface area is 183 Å². The molecule has 0 N–H and O–H groups in total. The Morgan fingerprint density at radius 1 is 0.968 bits per heavy atom. The highest BCUT2D eigenvalue weighted by Crippen LogP contribution is 2.54. The van der Waals surface area contributed by atoms with Crippen LogP contribution in [0.4, 0.5) is 0 Å². The van der Waals surface area contributed by atoms with Crippen LogP contribution >= 0.6 is 0 Å². The van der Waals surface area contributed by atoms with Gasteiger partial charge in [-0.3, -0.25) is 9.59 Å². The van der Waals surface area contributed by atoms with Gasteiger partial charge in [-0.05, 0) is 72.1 Å². The van der Waals surface area contributed by atoms with Crippen LogP contribution in [-0.4, -0.2) is 11.6 Å². The van der Waals surface area contributed by atoms with Crippen molar-refractivity contribution < 1.29 is 9.59 Å². The highest BCUT2D eigenvalue weighted by molar-refractivity contribution is 6.01. The van der Waals surface area contributed by atoms with Crippen molar-refractivity contribution in [1.29, 1.82) is 0 Å². The Kier molecular flexibility index (Phi) is 4.94. The highest BCUT2D eigenvalue weighted by Gasteiger charge is 2.50. The minimum atomic E-state index is -0.237. The second-order valence-corrected chi connectivity index (χ2v) is 8.89. The number of allylic oxidation sites excluding steroid dienone is 1. The van der Waals surface area contributed by atoms with Crippen molar-refractivity contribution in [1.82, 2.24) is 0 Å². The molecule has 0 radical (unpaired) electrons. The monoisotopic (exact) mass is 406 g/mol. The van der Waals surface area contributed by atoms with Crippen molar-refractivity contribution in [2.75, 3.05) is 0 Å². The van der Waals surface area contributed by atoms with Crippen LogP contribution in [0.3, 0.4) is 0 Å². The van der Waals surface area contributed by atoms with Crippen LogP contribution in [0, 0.1) is 5.92 Å². The van der Waals surface area contributed by atoms with Gasteiger partial charge in [0, 0.05) is 17.4 Å². The average Bonchev–Trinajstić information content (AvgIpc) is 2.80. The maximum atomic E-state index is 13.2. The molecule has 0 amide bonds. The Balaban J connectivity index is 1.70. The number of hydrogen-bond acceptors (Lipinski definition) is 2. The van der Waals surface area contributed by atoms with E-state index in [0.29, 0.717) is 12.8 Å². The summed E-state index contributed by atoms with van der Waals surface area (Å²) in [4.78, 5) is 25.2. The SMILES string of the molecule is CC(=O)c1ccc2c(c1)CCC1CC(=O)/C(=C/c3ccccc3)CC21c1ccccc1. The predicted octanol–water partition coefficient (Wildman–Crippen LogP) is 6.18. The summed E-state index contributed by atoms with van der Waals surface area (Å²) in [5.74, 6) is 0.636. The molecule has 2 nitrogen and oxygen atoms in total. The molecule has 0 aromatic heterocycles. The van der Waals surface area contributed by atoms with Gasteiger partial charge in [-0.2, -0.15) is 0 Å². The van der Waals surface area contributed by atoms with Gasteiger partial charge >= 0.3 is 0 Å².